The first-order valence-electron chi connectivity index (χ1n) is 12.1. The van der Waals surface area contributed by atoms with Gasteiger partial charge in [-0.1, -0.05) is 20.3 Å². The molecule has 0 saturated heterocycles. The number of hydrogen-bond donors (Lipinski definition) is 9. The summed E-state index contributed by atoms with van der Waals surface area (Å²) in [7, 11) is 0. The topological polar surface area (TPSA) is 287 Å². The summed E-state index contributed by atoms with van der Waals surface area (Å²) in [5.74, 6) is -4.88. The van der Waals surface area contributed by atoms with E-state index in [0.29, 0.717) is 12.1 Å². The summed E-state index contributed by atoms with van der Waals surface area (Å²) in [4.78, 5) is 72.4. The number of aromatic amines is 1. The van der Waals surface area contributed by atoms with Crippen LogP contribution in [0.1, 0.15) is 45.2 Å². The number of hydrogen-bond acceptors (Lipinski definition) is 8. The van der Waals surface area contributed by atoms with Crippen LogP contribution >= 0.6 is 0 Å². The van der Waals surface area contributed by atoms with E-state index < -0.39 is 60.2 Å². The third-order valence-electron chi connectivity index (χ3n) is 5.77. The Bertz CT molecular complexity index is 979. The number of aromatic nitrogens is 2. The van der Waals surface area contributed by atoms with Gasteiger partial charge < -0.3 is 49.0 Å². The van der Waals surface area contributed by atoms with Crippen molar-refractivity contribution in [3.63, 3.8) is 0 Å². The summed E-state index contributed by atoms with van der Waals surface area (Å²) < 4.78 is 0. The van der Waals surface area contributed by atoms with E-state index >= 15 is 0 Å². The van der Waals surface area contributed by atoms with E-state index in [1.165, 1.54) is 12.5 Å². The van der Waals surface area contributed by atoms with Gasteiger partial charge in [0.2, 0.25) is 23.6 Å². The smallest absolute Gasteiger partial charge is 0.326 e. The molecule has 5 atom stereocenters. The Labute approximate surface area is 219 Å². The summed E-state index contributed by atoms with van der Waals surface area (Å²) in [6, 6.07) is -4.95. The Hall–Kier alpha value is -4.21. The second kappa shape index (κ2) is 15.8. The Morgan fingerprint density at radius 2 is 1.63 bits per heavy atom. The number of imidazole rings is 1. The minimum absolute atomic E-state index is 0.0104. The third kappa shape index (κ3) is 11.2. The van der Waals surface area contributed by atoms with Gasteiger partial charge in [0.05, 0.1) is 18.8 Å². The molecule has 0 aliphatic heterocycles. The summed E-state index contributed by atoms with van der Waals surface area (Å²) in [6.07, 6.45) is 3.01. The number of carboxylic acid groups (broad SMARTS) is 1. The van der Waals surface area contributed by atoms with Gasteiger partial charge in [-0.2, -0.15) is 0 Å². The number of carboxylic acids is 1. The van der Waals surface area contributed by atoms with Crippen molar-refractivity contribution >= 4 is 35.6 Å². The van der Waals surface area contributed by atoms with Crippen LogP contribution in [0.25, 0.3) is 0 Å². The fourth-order valence-electron chi connectivity index (χ4n) is 3.32. The fraction of sp³-hybridized carbons (Fsp3) is 0.591. The largest absolute Gasteiger partial charge is 0.480 e. The maximum Gasteiger partial charge on any atom is 0.326 e. The lowest BCUT2D eigenvalue weighted by Crippen LogP contribution is -2.58. The van der Waals surface area contributed by atoms with Crippen molar-refractivity contribution in [2.24, 2.45) is 33.8 Å². The van der Waals surface area contributed by atoms with Crippen LogP contribution in [0.2, 0.25) is 0 Å². The van der Waals surface area contributed by atoms with Gasteiger partial charge >= 0.3 is 5.97 Å². The second-order valence-corrected chi connectivity index (χ2v) is 8.83. The van der Waals surface area contributed by atoms with Crippen LogP contribution in [0.15, 0.2) is 17.5 Å². The van der Waals surface area contributed by atoms with E-state index in [-0.39, 0.29) is 37.7 Å². The molecule has 0 aromatic carbocycles. The van der Waals surface area contributed by atoms with Gasteiger partial charge in [0, 0.05) is 24.9 Å². The van der Waals surface area contributed by atoms with Gasteiger partial charge in [-0.05, 0) is 18.8 Å². The molecule has 1 heterocycles. The molecule has 1 aromatic heterocycles. The van der Waals surface area contributed by atoms with Gasteiger partial charge in [0.15, 0.2) is 5.96 Å². The number of primary amides is 1. The van der Waals surface area contributed by atoms with Crippen molar-refractivity contribution in [2.75, 3.05) is 6.54 Å². The number of amides is 4. The fourth-order valence-corrected chi connectivity index (χ4v) is 3.32. The zero-order valence-corrected chi connectivity index (χ0v) is 21.5. The van der Waals surface area contributed by atoms with Crippen molar-refractivity contribution in [1.82, 2.24) is 25.9 Å². The lowest BCUT2D eigenvalue weighted by Gasteiger charge is -2.25. The molecule has 38 heavy (non-hydrogen) atoms. The molecule has 0 fully saturated rings. The van der Waals surface area contributed by atoms with Crippen molar-refractivity contribution in [3.8, 4) is 0 Å². The van der Waals surface area contributed by atoms with Gasteiger partial charge in [0.1, 0.15) is 18.1 Å². The highest BCUT2D eigenvalue weighted by atomic mass is 16.4. The highest BCUT2D eigenvalue weighted by Crippen LogP contribution is 2.07. The Kier molecular flexibility index (Phi) is 13.2. The van der Waals surface area contributed by atoms with Gasteiger partial charge in [0.25, 0.3) is 0 Å². The summed E-state index contributed by atoms with van der Waals surface area (Å²) >= 11 is 0. The number of carbonyl (C=O) groups is 5. The first-order valence-corrected chi connectivity index (χ1v) is 12.1. The average molecular weight is 539 g/mol. The lowest BCUT2D eigenvalue weighted by molar-refractivity contribution is -0.142. The SMILES string of the molecule is CCC(C)C(N)C(=O)NC(CC(N)=O)C(=O)NC(Cc1cnc[nH]1)C(=O)NC(CCCN=C(N)N)C(=O)O. The number of carbonyl (C=O) groups excluding carboxylic acids is 4. The molecule has 0 spiro atoms. The zero-order chi connectivity index (χ0) is 28.8. The number of nitrogens with two attached hydrogens (primary N) is 4. The minimum atomic E-state index is -1.41. The van der Waals surface area contributed by atoms with Crippen LogP contribution in [0, 0.1) is 5.92 Å². The number of nitrogens with zero attached hydrogens (tertiary/aromatic N) is 2. The highest BCUT2D eigenvalue weighted by molar-refractivity contribution is 5.96. The van der Waals surface area contributed by atoms with Crippen LogP contribution in [0.4, 0.5) is 0 Å². The van der Waals surface area contributed by atoms with Crippen LogP contribution < -0.4 is 38.9 Å². The molecule has 212 valence electrons. The number of H-pyrrole nitrogens is 1. The summed E-state index contributed by atoms with van der Waals surface area (Å²) in [5.41, 5.74) is 22.2. The molecule has 4 amide bonds. The van der Waals surface area contributed by atoms with E-state index in [2.05, 4.69) is 30.9 Å². The number of aliphatic imine (C=N–C) groups is 1. The number of nitrogens with one attached hydrogen (secondary N) is 4. The standard InChI is InChI=1S/C22H38N10O6/c1-3-11(2)17(24)20(36)32-15(8-16(23)33)19(35)31-14(7-12-9-27-10-29-12)18(34)30-13(21(37)38)5-4-6-28-22(25)26/h9-11,13-15,17H,3-8,24H2,1-2H3,(H2,23,33)(H,27,29)(H,30,34)(H,31,35)(H,32,36)(H,37,38)(H4,25,26,28). The van der Waals surface area contributed by atoms with Crippen LogP contribution in [-0.2, 0) is 30.4 Å². The molecule has 0 aliphatic rings. The first kappa shape index (κ1) is 31.8. The second-order valence-electron chi connectivity index (χ2n) is 8.83. The minimum Gasteiger partial charge on any atom is -0.480 e. The number of aliphatic carboxylic acids is 1. The first-order chi connectivity index (χ1) is 17.8. The number of guanidine groups is 1. The van der Waals surface area contributed by atoms with Crippen molar-refractivity contribution in [2.45, 2.75) is 70.1 Å². The Balaban J connectivity index is 3.06. The normalized spacial score (nSPS) is 14.7. The molecule has 0 radical (unpaired) electrons. The van der Waals surface area contributed by atoms with Crippen molar-refractivity contribution in [3.05, 3.63) is 18.2 Å². The quantitative estimate of drug-likeness (QED) is 0.0543. The van der Waals surface area contributed by atoms with E-state index in [1.807, 2.05) is 6.92 Å². The van der Waals surface area contributed by atoms with Crippen LogP contribution in [-0.4, -0.2) is 81.3 Å². The Morgan fingerprint density at radius 3 is 2.16 bits per heavy atom. The monoisotopic (exact) mass is 538 g/mol. The molecule has 16 heteroatoms. The summed E-state index contributed by atoms with van der Waals surface area (Å²) in [6.45, 7) is 3.76. The molecular formula is C22H38N10O6. The molecule has 0 aliphatic carbocycles. The predicted octanol–water partition coefficient (Wildman–Crippen LogP) is -3.21. The molecule has 0 bridgehead atoms. The summed E-state index contributed by atoms with van der Waals surface area (Å²) in [5, 5.41) is 16.8. The third-order valence-corrected chi connectivity index (χ3v) is 5.77. The van der Waals surface area contributed by atoms with E-state index in [4.69, 9.17) is 22.9 Å². The van der Waals surface area contributed by atoms with E-state index in [0.717, 1.165) is 0 Å². The van der Waals surface area contributed by atoms with Crippen LogP contribution in [0.3, 0.4) is 0 Å². The van der Waals surface area contributed by atoms with Crippen molar-refractivity contribution < 1.29 is 29.1 Å². The number of rotatable bonds is 17. The van der Waals surface area contributed by atoms with E-state index in [9.17, 15) is 29.1 Å². The molecule has 1 aromatic rings. The van der Waals surface area contributed by atoms with Gasteiger partial charge in [-0.15, -0.1) is 0 Å². The van der Waals surface area contributed by atoms with Gasteiger partial charge in [-0.25, -0.2) is 9.78 Å². The molecular weight excluding hydrogens is 500 g/mol. The Morgan fingerprint density at radius 1 is 1.03 bits per heavy atom. The predicted molar refractivity (Wildman–Crippen MR) is 137 cm³/mol. The molecule has 0 saturated carbocycles. The van der Waals surface area contributed by atoms with Crippen molar-refractivity contribution in [1.29, 1.82) is 0 Å². The lowest BCUT2D eigenvalue weighted by atomic mass is 9.99. The zero-order valence-electron chi connectivity index (χ0n) is 21.5. The van der Waals surface area contributed by atoms with Gasteiger partial charge in [-0.3, -0.25) is 24.2 Å². The van der Waals surface area contributed by atoms with Crippen LogP contribution in [0.5, 0.6) is 0 Å². The molecule has 1 rings (SSSR count). The maximum atomic E-state index is 13.1. The molecule has 16 nitrogen and oxygen atoms in total. The van der Waals surface area contributed by atoms with E-state index in [1.54, 1.807) is 6.92 Å². The molecule has 13 N–H and O–H groups in total. The molecule has 5 unspecified atom stereocenters. The highest BCUT2D eigenvalue weighted by Gasteiger charge is 2.32. The average Bonchev–Trinajstić information content (AvgIpc) is 3.36. The maximum absolute atomic E-state index is 13.1.